The van der Waals surface area contributed by atoms with Gasteiger partial charge in [0.25, 0.3) is 10.0 Å². The molecule has 0 radical (unpaired) electrons. The molecule has 1 aliphatic rings. The van der Waals surface area contributed by atoms with Crippen LogP contribution in [-0.4, -0.2) is 47.7 Å². The fourth-order valence-electron chi connectivity index (χ4n) is 3.76. The van der Waals surface area contributed by atoms with Crippen molar-refractivity contribution in [2.75, 3.05) is 11.3 Å². The van der Waals surface area contributed by atoms with Gasteiger partial charge in [0.15, 0.2) is 0 Å². The van der Waals surface area contributed by atoms with Gasteiger partial charge < -0.3 is 0 Å². The molecule has 0 aliphatic carbocycles. The Morgan fingerprint density at radius 2 is 2.06 bits per heavy atom. The number of allylic oxidation sites excluding steroid dienone is 3. The summed E-state index contributed by atoms with van der Waals surface area (Å²) in [5.41, 5.74) is 0.303. The van der Waals surface area contributed by atoms with Crippen molar-refractivity contribution in [1.82, 2.24) is 14.3 Å². The molecule has 3 rings (SSSR count). The Hall–Kier alpha value is -2.68. The molecule has 14 heteroatoms. The van der Waals surface area contributed by atoms with Gasteiger partial charge in [-0.1, -0.05) is 30.9 Å². The third kappa shape index (κ3) is 7.41. The molecular weight excluding hydrogens is 527 g/mol. The highest BCUT2D eigenvalue weighted by atomic mass is 32.2. The third-order valence-corrected chi connectivity index (χ3v) is 7.42. The lowest BCUT2D eigenvalue weighted by atomic mass is 9.93. The summed E-state index contributed by atoms with van der Waals surface area (Å²) in [6, 6.07) is 0.665. The van der Waals surface area contributed by atoms with Crippen molar-refractivity contribution in [2.45, 2.75) is 49.7 Å². The topological polar surface area (TPSA) is 84.4 Å². The highest BCUT2D eigenvalue weighted by molar-refractivity contribution is 7.93. The zero-order chi connectivity index (χ0) is 26.5. The lowest BCUT2D eigenvalue weighted by Crippen LogP contribution is -2.46. The number of benzene rings is 1. The monoisotopic (exact) mass is 550 g/mol. The van der Waals surface area contributed by atoms with Crippen LogP contribution in [0.25, 0.3) is 0 Å². The fraction of sp³-hybridized carbons (Fsp3) is 0.364. The molecule has 1 fully saturated rings. The minimum atomic E-state index is -4.81. The summed E-state index contributed by atoms with van der Waals surface area (Å²) in [5, 5.41) is -0.116. The number of halogens is 5. The first-order chi connectivity index (χ1) is 16.9. The summed E-state index contributed by atoms with van der Waals surface area (Å²) in [6.45, 7) is 5.62. The summed E-state index contributed by atoms with van der Waals surface area (Å²) in [6.07, 6.45) is 1.86. The molecule has 2 heterocycles. The summed E-state index contributed by atoms with van der Waals surface area (Å²) in [5.74, 6) is -2.18. The van der Waals surface area contributed by atoms with E-state index in [0.717, 1.165) is 23.9 Å². The van der Waals surface area contributed by atoms with Gasteiger partial charge in [0.05, 0.1) is 6.10 Å². The summed E-state index contributed by atoms with van der Waals surface area (Å²) in [4.78, 5) is 4.40. The standard InChI is InChI=1S/C22H23F5N4O3S2/c1-3-4-5-6-14(2)19-10-16(34-22(25,26)27)7-8-31(19)12-15-9-18(24)20(11-17(15)23)36(32,33)30-21-28-13-29-35-21/h3-6,9,11,13,16,19H,2,7-8,10,12H2,1H3,(H,28,29,30)/b4-3-,6-5-/t16-,19+/m0/s1. The number of rotatable bonds is 9. The summed E-state index contributed by atoms with van der Waals surface area (Å²) >= 11 is 0.721. The highest BCUT2D eigenvalue weighted by Crippen LogP contribution is 2.32. The van der Waals surface area contributed by atoms with Crippen LogP contribution in [0.2, 0.25) is 0 Å². The molecule has 2 aromatic rings. The van der Waals surface area contributed by atoms with Crippen LogP contribution in [0.1, 0.15) is 25.3 Å². The number of hydrogen-bond acceptors (Lipinski definition) is 7. The van der Waals surface area contributed by atoms with Crippen LogP contribution < -0.4 is 4.72 Å². The number of aromatic nitrogens is 2. The second-order valence-corrected chi connectivity index (χ2v) is 10.3. The maximum atomic E-state index is 14.9. The van der Waals surface area contributed by atoms with Crippen LogP contribution in [0, 0.1) is 11.6 Å². The van der Waals surface area contributed by atoms with Crippen molar-refractivity contribution in [3.05, 3.63) is 72.1 Å². The molecule has 0 bridgehead atoms. The first kappa shape index (κ1) is 27.9. The van der Waals surface area contributed by atoms with E-state index in [-0.39, 0.29) is 36.6 Å². The number of nitrogens with zero attached hydrogens (tertiary/aromatic N) is 3. The van der Waals surface area contributed by atoms with Crippen LogP contribution >= 0.6 is 11.5 Å². The van der Waals surface area contributed by atoms with Crippen molar-refractivity contribution in [2.24, 2.45) is 0 Å². The van der Waals surface area contributed by atoms with Gasteiger partial charge in [-0.3, -0.25) is 14.4 Å². The van der Waals surface area contributed by atoms with E-state index in [4.69, 9.17) is 0 Å². The minimum Gasteiger partial charge on any atom is -0.292 e. The highest BCUT2D eigenvalue weighted by Gasteiger charge is 2.38. The smallest absolute Gasteiger partial charge is 0.292 e. The molecule has 7 nitrogen and oxygen atoms in total. The Morgan fingerprint density at radius 3 is 2.69 bits per heavy atom. The van der Waals surface area contributed by atoms with Gasteiger partial charge in [-0.05, 0) is 37.5 Å². The fourth-order valence-corrected chi connectivity index (χ4v) is 5.49. The van der Waals surface area contributed by atoms with Crippen molar-refractivity contribution < 1.29 is 35.1 Å². The van der Waals surface area contributed by atoms with E-state index in [1.807, 2.05) is 4.72 Å². The number of sulfonamides is 1. The van der Waals surface area contributed by atoms with Gasteiger partial charge in [0, 0.05) is 36.2 Å². The third-order valence-electron chi connectivity index (χ3n) is 5.35. The molecule has 2 atom stereocenters. The first-order valence-electron chi connectivity index (χ1n) is 10.6. The van der Waals surface area contributed by atoms with E-state index < -0.39 is 45.1 Å². The summed E-state index contributed by atoms with van der Waals surface area (Å²) < 4.78 is 103. The second-order valence-electron chi connectivity index (χ2n) is 7.88. The zero-order valence-electron chi connectivity index (χ0n) is 19.0. The number of ether oxygens (including phenoxy) is 1. The normalized spacial score (nSPS) is 19.8. The van der Waals surface area contributed by atoms with Crippen molar-refractivity contribution >= 4 is 26.7 Å². The predicted octanol–water partition coefficient (Wildman–Crippen LogP) is 5.18. The number of nitrogens with one attached hydrogen (secondary N) is 1. The van der Waals surface area contributed by atoms with Crippen LogP contribution in [0.5, 0.6) is 0 Å². The van der Waals surface area contributed by atoms with E-state index >= 15 is 0 Å². The largest absolute Gasteiger partial charge is 0.522 e. The Kier molecular flexibility index (Phi) is 8.98. The predicted molar refractivity (Wildman–Crippen MR) is 125 cm³/mol. The van der Waals surface area contributed by atoms with Crippen LogP contribution in [0.3, 0.4) is 0 Å². The number of piperidine rings is 1. The molecule has 0 saturated carbocycles. The van der Waals surface area contributed by atoms with E-state index in [1.54, 1.807) is 36.1 Å². The summed E-state index contributed by atoms with van der Waals surface area (Å²) in [7, 11) is -4.47. The number of hydrogen-bond donors (Lipinski definition) is 1. The average Bonchev–Trinajstić information content (AvgIpc) is 3.28. The lowest BCUT2D eigenvalue weighted by molar-refractivity contribution is -0.346. The van der Waals surface area contributed by atoms with E-state index in [2.05, 4.69) is 20.7 Å². The molecule has 0 unspecified atom stereocenters. The molecule has 1 N–H and O–H groups in total. The molecule has 1 aromatic heterocycles. The molecule has 196 valence electrons. The molecule has 1 aliphatic heterocycles. The van der Waals surface area contributed by atoms with Gasteiger partial charge in [-0.15, -0.1) is 13.2 Å². The Morgan fingerprint density at radius 1 is 1.31 bits per heavy atom. The molecule has 1 saturated heterocycles. The van der Waals surface area contributed by atoms with Crippen molar-refractivity contribution in [3.8, 4) is 0 Å². The molecule has 0 amide bonds. The van der Waals surface area contributed by atoms with Gasteiger partial charge in [-0.2, -0.15) is 4.37 Å². The molecule has 36 heavy (non-hydrogen) atoms. The molecule has 0 spiro atoms. The maximum absolute atomic E-state index is 14.9. The lowest BCUT2D eigenvalue weighted by Gasteiger charge is -2.40. The second kappa shape index (κ2) is 11.6. The number of anilines is 1. The Labute approximate surface area is 209 Å². The van der Waals surface area contributed by atoms with E-state index in [9.17, 15) is 30.4 Å². The van der Waals surface area contributed by atoms with Crippen LogP contribution in [0.4, 0.5) is 27.1 Å². The molecule has 1 aromatic carbocycles. The quantitative estimate of drug-likeness (QED) is 0.343. The van der Waals surface area contributed by atoms with E-state index in [1.165, 1.54) is 0 Å². The SMILES string of the molecule is C=C(/C=C\C=C/C)[C@H]1C[C@@H](OC(F)(F)F)CCN1Cc1cc(F)c(S(=O)(=O)Nc2ncns2)cc1F. The van der Waals surface area contributed by atoms with Gasteiger partial charge in [0.1, 0.15) is 22.9 Å². The Bertz CT molecular complexity index is 1230. The Balaban J connectivity index is 1.84. The number of alkyl halides is 3. The van der Waals surface area contributed by atoms with Crippen molar-refractivity contribution in [1.29, 1.82) is 0 Å². The van der Waals surface area contributed by atoms with Crippen LogP contribution in [0.15, 0.2) is 59.8 Å². The maximum Gasteiger partial charge on any atom is 0.522 e. The number of likely N-dealkylation sites (tertiary alicyclic amines) is 1. The molecular formula is C22H23F5N4O3S2. The zero-order valence-corrected chi connectivity index (χ0v) is 20.6. The van der Waals surface area contributed by atoms with E-state index in [0.29, 0.717) is 11.6 Å². The van der Waals surface area contributed by atoms with Crippen LogP contribution in [-0.2, 0) is 21.3 Å². The van der Waals surface area contributed by atoms with Crippen molar-refractivity contribution in [3.63, 3.8) is 0 Å². The van der Waals surface area contributed by atoms with Gasteiger partial charge in [-0.25, -0.2) is 22.2 Å². The minimum absolute atomic E-state index is 0.00417. The first-order valence-corrected chi connectivity index (χ1v) is 12.9. The van der Waals surface area contributed by atoms with Gasteiger partial charge >= 0.3 is 6.36 Å². The average molecular weight is 551 g/mol. The van der Waals surface area contributed by atoms with Gasteiger partial charge in [0.2, 0.25) is 5.13 Å².